The molecule has 0 saturated carbocycles. The van der Waals surface area contributed by atoms with Gasteiger partial charge in [-0.1, -0.05) is 29.8 Å². The van der Waals surface area contributed by atoms with Crippen molar-refractivity contribution in [1.82, 2.24) is 18.9 Å². The third-order valence-electron chi connectivity index (χ3n) is 5.49. The van der Waals surface area contributed by atoms with Crippen LogP contribution in [-0.2, 0) is 14.1 Å². The quantitative estimate of drug-likeness (QED) is 0.792. The van der Waals surface area contributed by atoms with Crippen LogP contribution in [-0.4, -0.2) is 58.1 Å². The SMILES string of the molecule is Cc1ccc([C@@H]2CN(C(=O)c3cc(=O)n(C)c(=O)n3C)C[C@H]2N(C)C)cc1. The Morgan fingerprint density at radius 3 is 2.26 bits per heavy atom. The van der Waals surface area contributed by atoms with E-state index >= 15 is 0 Å². The Morgan fingerprint density at radius 2 is 1.67 bits per heavy atom. The second-order valence-electron chi connectivity index (χ2n) is 7.53. The smallest absolute Gasteiger partial charge is 0.331 e. The van der Waals surface area contributed by atoms with Crippen molar-refractivity contribution in [3.05, 3.63) is 68.0 Å². The lowest BCUT2D eigenvalue weighted by Gasteiger charge is -2.25. The minimum Gasteiger partial charge on any atom is -0.335 e. The molecular formula is C20H26N4O3. The molecule has 1 aliphatic heterocycles. The fraction of sp³-hybridized carbons (Fsp3) is 0.450. The molecule has 7 nitrogen and oxygen atoms in total. The summed E-state index contributed by atoms with van der Waals surface area (Å²) in [5, 5.41) is 0. The van der Waals surface area contributed by atoms with Gasteiger partial charge in [0.1, 0.15) is 5.69 Å². The van der Waals surface area contributed by atoms with Crippen molar-refractivity contribution >= 4 is 5.91 Å². The number of likely N-dealkylation sites (tertiary alicyclic amines) is 1. The first-order chi connectivity index (χ1) is 12.7. The maximum absolute atomic E-state index is 13.1. The number of carbonyl (C=O) groups excluding carboxylic acids is 1. The third kappa shape index (κ3) is 3.47. The van der Waals surface area contributed by atoms with Crippen LogP contribution < -0.4 is 11.2 Å². The van der Waals surface area contributed by atoms with E-state index in [1.807, 2.05) is 21.0 Å². The van der Waals surface area contributed by atoms with Gasteiger partial charge in [0, 0.05) is 45.2 Å². The first kappa shape index (κ1) is 19.1. The van der Waals surface area contributed by atoms with Gasteiger partial charge >= 0.3 is 5.69 Å². The molecule has 2 heterocycles. The van der Waals surface area contributed by atoms with Gasteiger partial charge in [-0.3, -0.25) is 18.7 Å². The molecule has 27 heavy (non-hydrogen) atoms. The van der Waals surface area contributed by atoms with Crippen LogP contribution in [0.3, 0.4) is 0 Å². The average Bonchev–Trinajstić information content (AvgIpc) is 3.08. The molecule has 0 N–H and O–H groups in total. The number of hydrogen-bond donors (Lipinski definition) is 0. The second-order valence-corrected chi connectivity index (χ2v) is 7.53. The Hall–Kier alpha value is -2.67. The highest BCUT2D eigenvalue weighted by molar-refractivity contribution is 5.92. The van der Waals surface area contributed by atoms with E-state index in [1.165, 1.54) is 35.9 Å². The van der Waals surface area contributed by atoms with Crippen LogP contribution in [0.5, 0.6) is 0 Å². The summed E-state index contributed by atoms with van der Waals surface area (Å²) in [4.78, 5) is 41.1. The van der Waals surface area contributed by atoms with E-state index in [1.54, 1.807) is 4.90 Å². The highest BCUT2D eigenvalue weighted by Gasteiger charge is 2.38. The van der Waals surface area contributed by atoms with Crippen molar-refractivity contribution in [3.8, 4) is 0 Å². The zero-order valence-electron chi connectivity index (χ0n) is 16.5. The fourth-order valence-electron chi connectivity index (χ4n) is 3.72. The maximum atomic E-state index is 13.1. The summed E-state index contributed by atoms with van der Waals surface area (Å²) in [5.41, 5.74) is 1.54. The standard InChI is InChI=1S/C20H26N4O3/c1-13-6-8-14(9-7-13)15-11-24(12-17(15)21(2)3)19(26)16-10-18(25)23(5)20(27)22(16)4/h6-10,15,17H,11-12H2,1-5H3/t15-,17+/m0/s1. The third-order valence-corrected chi connectivity index (χ3v) is 5.49. The van der Waals surface area contributed by atoms with Crippen molar-refractivity contribution < 1.29 is 4.79 Å². The first-order valence-electron chi connectivity index (χ1n) is 9.00. The molecule has 0 spiro atoms. The molecule has 1 aromatic carbocycles. The molecule has 0 radical (unpaired) electrons. The number of rotatable bonds is 3. The maximum Gasteiger partial charge on any atom is 0.331 e. The molecule has 2 aromatic rings. The Kier molecular flexibility index (Phi) is 5.06. The fourth-order valence-corrected chi connectivity index (χ4v) is 3.72. The normalized spacial score (nSPS) is 19.7. The minimum atomic E-state index is -0.496. The molecule has 0 bridgehead atoms. The number of aromatic nitrogens is 2. The van der Waals surface area contributed by atoms with Gasteiger partial charge in [0.2, 0.25) is 0 Å². The molecule has 1 amide bonds. The van der Waals surface area contributed by atoms with E-state index < -0.39 is 11.2 Å². The van der Waals surface area contributed by atoms with E-state index in [4.69, 9.17) is 0 Å². The van der Waals surface area contributed by atoms with Crippen LogP contribution in [0.15, 0.2) is 39.9 Å². The largest absolute Gasteiger partial charge is 0.335 e. The van der Waals surface area contributed by atoms with Gasteiger partial charge in [0.25, 0.3) is 11.5 Å². The summed E-state index contributed by atoms with van der Waals surface area (Å²) in [6.07, 6.45) is 0. The van der Waals surface area contributed by atoms with E-state index in [-0.39, 0.29) is 23.6 Å². The summed E-state index contributed by atoms with van der Waals surface area (Å²) in [5.74, 6) is -0.109. The van der Waals surface area contributed by atoms with Crippen molar-refractivity contribution in [2.45, 2.75) is 18.9 Å². The topological polar surface area (TPSA) is 67.5 Å². The van der Waals surface area contributed by atoms with Gasteiger partial charge in [-0.2, -0.15) is 0 Å². The Bertz CT molecular complexity index is 972. The molecule has 1 fully saturated rings. The zero-order chi connectivity index (χ0) is 19.9. The van der Waals surface area contributed by atoms with Crippen LogP contribution in [0.2, 0.25) is 0 Å². The minimum absolute atomic E-state index is 0.130. The lowest BCUT2D eigenvalue weighted by Crippen LogP contribution is -2.42. The van der Waals surface area contributed by atoms with E-state index in [0.717, 1.165) is 4.57 Å². The van der Waals surface area contributed by atoms with Gasteiger partial charge in [0.15, 0.2) is 0 Å². The Morgan fingerprint density at radius 1 is 1.04 bits per heavy atom. The highest BCUT2D eigenvalue weighted by Crippen LogP contribution is 2.31. The lowest BCUT2D eigenvalue weighted by molar-refractivity contribution is 0.0770. The molecule has 1 aliphatic rings. The first-order valence-corrected chi connectivity index (χ1v) is 9.00. The van der Waals surface area contributed by atoms with Gasteiger partial charge in [-0.25, -0.2) is 4.79 Å². The number of likely N-dealkylation sites (N-methyl/N-ethyl adjacent to an activating group) is 1. The number of benzene rings is 1. The number of aryl methyl sites for hydroxylation is 1. The van der Waals surface area contributed by atoms with Crippen LogP contribution in [0, 0.1) is 6.92 Å². The summed E-state index contributed by atoms with van der Waals surface area (Å²) in [6.45, 7) is 3.15. The average molecular weight is 370 g/mol. The van der Waals surface area contributed by atoms with Gasteiger partial charge in [-0.05, 0) is 26.6 Å². The molecule has 2 atom stereocenters. The van der Waals surface area contributed by atoms with Gasteiger partial charge < -0.3 is 9.80 Å². The lowest BCUT2D eigenvalue weighted by atomic mass is 9.93. The molecule has 7 heteroatoms. The number of nitrogens with zero attached hydrogens (tertiary/aromatic N) is 4. The molecule has 0 aliphatic carbocycles. The zero-order valence-corrected chi connectivity index (χ0v) is 16.5. The summed E-state index contributed by atoms with van der Waals surface area (Å²) >= 11 is 0. The molecule has 0 unspecified atom stereocenters. The predicted octanol–water partition coefficient (Wildman–Crippen LogP) is 0.562. The molecular weight excluding hydrogens is 344 g/mol. The molecule has 1 saturated heterocycles. The van der Waals surface area contributed by atoms with Crippen LogP contribution in [0.4, 0.5) is 0 Å². The van der Waals surface area contributed by atoms with E-state index in [9.17, 15) is 14.4 Å². The Labute approximate surface area is 158 Å². The highest BCUT2D eigenvalue weighted by atomic mass is 16.2. The number of amides is 1. The van der Waals surface area contributed by atoms with Crippen molar-refractivity contribution in [3.63, 3.8) is 0 Å². The second kappa shape index (κ2) is 7.15. The van der Waals surface area contributed by atoms with E-state index in [2.05, 4.69) is 29.2 Å². The molecule has 3 rings (SSSR count). The number of hydrogen-bond acceptors (Lipinski definition) is 4. The van der Waals surface area contributed by atoms with Crippen LogP contribution in [0.25, 0.3) is 0 Å². The molecule has 1 aromatic heterocycles. The summed E-state index contributed by atoms with van der Waals surface area (Å²) < 4.78 is 2.24. The number of carbonyl (C=O) groups is 1. The van der Waals surface area contributed by atoms with E-state index in [0.29, 0.717) is 13.1 Å². The van der Waals surface area contributed by atoms with Crippen LogP contribution in [0.1, 0.15) is 27.5 Å². The summed E-state index contributed by atoms with van der Waals surface area (Å²) in [7, 11) is 6.94. The van der Waals surface area contributed by atoms with Crippen molar-refractivity contribution in [2.75, 3.05) is 27.2 Å². The monoisotopic (exact) mass is 370 g/mol. The van der Waals surface area contributed by atoms with Crippen molar-refractivity contribution in [1.29, 1.82) is 0 Å². The van der Waals surface area contributed by atoms with Gasteiger partial charge in [0.05, 0.1) is 0 Å². The van der Waals surface area contributed by atoms with Crippen molar-refractivity contribution in [2.24, 2.45) is 14.1 Å². The van der Waals surface area contributed by atoms with Gasteiger partial charge in [-0.15, -0.1) is 0 Å². The summed E-state index contributed by atoms with van der Waals surface area (Å²) in [6, 6.07) is 9.79. The van der Waals surface area contributed by atoms with Crippen LogP contribution >= 0.6 is 0 Å². The Balaban J connectivity index is 1.94. The predicted molar refractivity (Wildman–Crippen MR) is 104 cm³/mol. The molecule has 144 valence electrons.